The molecule has 0 radical (unpaired) electrons. The summed E-state index contributed by atoms with van der Waals surface area (Å²) in [4.78, 5) is 26.5. The highest BCUT2D eigenvalue weighted by Gasteiger charge is 2.12. The standard InChI is InChI=1S/C12H13N3O3S/c1-7-3-4-9(15(7)2)11(16)13-5-10-14-8(6-19-10)12(17)18/h3-4,6H,5H2,1-2H3,(H,13,16)(H,17,18). The molecule has 0 bridgehead atoms. The van der Waals surface area contributed by atoms with E-state index in [4.69, 9.17) is 5.11 Å². The second-order valence-corrected chi connectivity index (χ2v) is 4.98. The Bertz CT molecular complexity index is 630. The number of hydrogen-bond donors (Lipinski definition) is 2. The third-order valence-corrected chi connectivity index (χ3v) is 3.63. The van der Waals surface area contributed by atoms with Crippen molar-refractivity contribution in [1.29, 1.82) is 0 Å². The van der Waals surface area contributed by atoms with E-state index in [1.165, 1.54) is 16.7 Å². The lowest BCUT2D eigenvalue weighted by Gasteiger charge is -2.05. The van der Waals surface area contributed by atoms with E-state index >= 15 is 0 Å². The van der Waals surface area contributed by atoms with Crippen molar-refractivity contribution in [3.8, 4) is 0 Å². The lowest BCUT2D eigenvalue weighted by molar-refractivity contribution is 0.0691. The van der Waals surface area contributed by atoms with Crippen molar-refractivity contribution in [3.05, 3.63) is 39.6 Å². The third kappa shape index (κ3) is 2.82. The Morgan fingerprint density at radius 2 is 2.21 bits per heavy atom. The summed E-state index contributed by atoms with van der Waals surface area (Å²) in [6, 6.07) is 3.61. The molecular weight excluding hydrogens is 266 g/mol. The summed E-state index contributed by atoms with van der Waals surface area (Å²) in [5.41, 5.74) is 1.56. The molecule has 19 heavy (non-hydrogen) atoms. The van der Waals surface area contributed by atoms with Gasteiger partial charge in [0, 0.05) is 18.1 Å². The lowest BCUT2D eigenvalue weighted by Crippen LogP contribution is -2.25. The van der Waals surface area contributed by atoms with Crippen LogP contribution in [0.4, 0.5) is 0 Å². The molecule has 0 unspecified atom stereocenters. The van der Waals surface area contributed by atoms with E-state index in [1.807, 2.05) is 20.0 Å². The average molecular weight is 279 g/mol. The summed E-state index contributed by atoms with van der Waals surface area (Å²) in [5.74, 6) is -1.27. The second kappa shape index (κ2) is 5.23. The van der Waals surface area contributed by atoms with Gasteiger partial charge in [-0.15, -0.1) is 11.3 Å². The number of carbonyl (C=O) groups is 2. The van der Waals surface area contributed by atoms with Gasteiger partial charge in [0.05, 0.1) is 6.54 Å². The fourth-order valence-electron chi connectivity index (χ4n) is 1.58. The Morgan fingerprint density at radius 1 is 1.47 bits per heavy atom. The Hall–Kier alpha value is -2.15. The fraction of sp³-hybridized carbons (Fsp3) is 0.250. The molecule has 2 aromatic rings. The largest absolute Gasteiger partial charge is 0.476 e. The summed E-state index contributed by atoms with van der Waals surface area (Å²) in [6.07, 6.45) is 0. The van der Waals surface area contributed by atoms with E-state index in [0.29, 0.717) is 10.7 Å². The van der Waals surface area contributed by atoms with Crippen LogP contribution in [0, 0.1) is 6.92 Å². The number of carboxylic acid groups (broad SMARTS) is 1. The predicted octanol–water partition coefficient (Wildman–Crippen LogP) is 1.42. The number of carbonyl (C=O) groups excluding carboxylic acids is 1. The molecule has 0 fully saturated rings. The summed E-state index contributed by atoms with van der Waals surface area (Å²) in [5, 5.41) is 13.5. The normalized spacial score (nSPS) is 10.4. The van der Waals surface area contributed by atoms with Crippen molar-refractivity contribution in [3.63, 3.8) is 0 Å². The molecule has 2 N–H and O–H groups in total. The van der Waals surface area contributed by atoms with Crippen LogP contribution in [0.25, 0.3) is 0 Å². The number of nitrogens with zero attached hydrogens (tertiary/aromatic N) is 2. The molecule has 2 aromatic heterocycles. The van der Waals surface area contributed by atoms with Crippen molar-refractivity contribution in [2.75, 3.05) is 0 Å². The number of rotatable bonds is 4. The molecule has 0 saturated carbocycles. The number of amides is 1. The van der Waals surface area contributed by atoms with Gasteiger partial charge in [-0.25, -0.2) is 9.78 Å². The molecule has 2 heterocycles. The van der Waals surface area contributed by atoms with Crippen molar-refractivity contribution >= 4 is 23.2 Å². The highest BCUT2D eigenvalue weighted by molar-refractivity contribution is 7.09. The van der Waals surface area contributed by atoms with Gasteiger partial charge < -0.3 is 15.0 Å². The maximum atomic E-state index is 11.9. The molecule has 0 aliphatic heterocycles. The van der Waals surface area contributed by atoms with Crippen LogP contribution >= 0.6 is 11.3 Å². The summed E-state index contributed by atoms with van der Waals surface area (Å²) in [6.45, 7) is 2.14. The molecule has 0 spiro atoms. The van der Waals surface area contributed by atoms with Crippen LogP contribution in [0.1, 0.15) is 31.7 Å². The topological polar surface area (TPSA) is 84.2 Å². The molecule has 6 nitrogen and oxygen atoms in total. The van der Waals surface area contributed by atoms with Crippen LogP contribution in [0.2, 0.25) is 0 Å². The SMILES string of the molecule is Cc1ccc(C(=O)NCc2nc(C(=O)O)cs2)n1C. The van der Waals surface area contributed by atoms with Gasteiger partial charge in [-0.3, -0.25) is 4.79 Å². The number of aryl methyl sites for hydroxylation is 1. The maximum absolute atomic E-state index is 11.9. The average Bonchev–Trinajstić information content (AvgIpc) is 2.95. The number of nitrogens with one attached hydrogen (secondary N) is 1. The minimum absolute atomic E-state index is 0.00367. The number of aromatic carboxylic acids is 1. The maximum Gasteiger partial charge on any atom is 0.355 e. The first-order chi connectivity index (χ1) is 8.99. The molecule has 7 heteroatoms. The number of hydrogen-bond acceptors (Lipinski definition) is 4. The molecular formula is C12H13N3O3S. The van der Waals surface area contributed by atoms with Crippen molar-refractivity contribution in [1.82, 2.24) is 14.9 Å². The van der Waals surface area contributed by atoms with Crippen molar-refractivity contribution in [2.45, 2.75) is 13.5 Å². The van der Waals surface area contributed by atoms with Gasteiger partial charge in [-0.1, -0.05) is 0 Å². The smallest absolute Gasteiger partial charge is 0.355 e. The first-order valence-electron chi connectivity index (χ1n) is 5.57. The number of thiazole rings is 1. The zero-order chi connectivity index (χ0) is 14.0. The Balaban J connectivity index is 2.00. The van der Waals surface area contributed by atoms with Crippen molar-refractivity contribution in [2.24, 2.45) is 7.05 Å². The molecule has 2 rings (SSSR count). The van der Waals surface area contributed by atoms with Crippen molar-refractivity contribution < 1.29 is 14.7 Å². The molecule has 0 saturated heterocycles. The lowest BCUT2D eigenvalue weighted by atomic mass is 10.4. The van der Waals surface area contributed by atoms with Gasteiger partial charge in [0.2, 0.25) is 0 Å². The minimum atomic E-state index is -1.06. The van der Waals surface area contributed by atoms with E-state index in [2.05, 4.69) is 10.3 Å². The number of aromatic nitrogens is 2. The van der Waals surface area contributed by atoms with E-state index < -0.39 is 5.97 Å². The van der Waals surface area contributed by atoms with Gasteiger partial charge in [0.15, 0.2) is 5.69 Å². The molecule has 0 aliphatic rings. The Morgan fingerprint density at radius 3 is 2.74 bits per heavy atom. The van der Waals surface area contributed by atoms with Crippen LogP contribution < -0.4 is 5.32 Å². The number of carboxylic acids is 1. The summed E-state index contributed by atoms with van der Waals surface area (Å²) in [7, 11) is 1.82. The Labute approximate surface area is 113 Å². The van der Waals surface area contributed by atoms with Crippen LogP contribution in [-0.2, 0) is 13.6 Å². The summed E-state index contributed by atoms with van der Waals surface area (Å²) < 4.78 is 1.79. The fourth-order valence-corrected chi connectivity index (χ4v) is 2.29. The third-order valence-electron chi connectivity index (χ3n) is 2.78. The Kier molecular flexibility index (Phi) is 3.66. The van der Waals surface area contributed by atoms with E-state index in [1.54, 1.807) is 10.6 Å². The minimum Gasteiger partial charge on any atom is -0.476 e. The van der Waals surface area contributed by atoms with Gasteiger partial charge in [0.25, 0.3) is 5.91 Å². The molecule has 0 aromatic carbocycles. The highest BCUT2D eigenvalue weighted by Crippen LogP contribution is 2.10. The van der Waals surface area contributed by atoms with Crippen LogP contribution in [0.3, 0.4) is 0 Å². The summed E-state index contributed by atoms with van der Waals surface area (Å²) >= 11 is 1.21. The molecule has 1 amide bonds. The quantitative estimate of drug-likeness (QED) is 0.886. The first-order valence-corrected chi connectivity index (χ1v) is 6.45. The molecule has 0 atom stereocenters. The monoisotopic (exact) mass is 279 g/mol. The second-order valence-electron chi connectivity index (χ2n) is 4.03. The van der Waals surface area contributed by atoms with E-state index in [-0.39, 0.29) is 18.1 Å². The first kappa shape index (κ1) is 13.3. The molecule has 100 valence electrons. The zero-order valence-corrected chi connectivity index (χ0v) is 11.3. The van der Waals surface area contributed by atoms with Crippen LogP contribution in [0.15, 0.2) is 17.5 Å². The van der Waals surface area contributed by atoms with Gasteiger partial charge in [-0.2, -0.15) is 0 Å². The zero-order valence-electron chi connectivity index (χ0n) is 10.5. The van der Waals surface area contributed by atoms with Crippen LogP contribution in [-0.4, -0.2) is 26.5 Å². The van der Waals surface area contributed by atoms with Gasteiger partial charge in [-0.05, 0) is 19.1 Å². The predicted molar refractivity (Wildman–Crippen MR) is 70.4 cm³/mol. The van der Waals surface area contributed by atoms with E-state index in [0.717, 1.165) is 5.69 Å². The van der Waals surface area contributed by atoms with E-state index in [9.17, 15) is 9.59 Å². The van der Waals surface area contributed by atoms with Gasteiger partial charge in [0.1, 0.15) is 10.7 Å². The van der Waals surface area contributed by atoms with Gasteiger partial charge >= 0.3 is 5.97 Å². The highest BCUT2D eigenvalue weighted by atomic mass is 32.1. The van der Waals surface area contributed by atoms with Crippen LogP contribution in [0.5, 0.6) is 0 Å². The molecule has 0 aliphatic carbocycles.